The molecular weight excluding hydrogens is 498 g/mol. The van der Waals surface area contributed by atoms with Crippen molar-refractivity contribution in [3.05, 3.63) is 95.8 Å². The number of rotatable bonds is 9. The molecule has 1 aromatic heterocycles. The summed E-state index contributed by atoms with van der Waals surface area (Å²) in [5, 5.41) is 5.81. The lowest BCUT2D eigenvalue weighted by Gasteiger charge is -2.17. The number of amides is 3. The minimum atomic E-state index is -0.701. The molecule has 0 bridgehead atoms. The molecule has 0 radical (unpaired) electrons. The van der Waals surface area contributed by atoms with Crippen LogP contribution in [0.15, 0.2) is 84.0 Å². The van der Waals surface area contributed by atoms with E-state index in [0.29, 0.717) is 17.4 Å². The van der Waals surface area contributed by atoms with Gasteiger partial charge in [0.15, 0.2) is 5.17 Å². The van der Waals surface area contributed by atoms with Crippen molar-refractivity contribution in [3.63, 3.8) is 0 Å². The number of aliphatic imine (C=N–C) groups is 1. The summed E-state index contributed by atoms with van der Waals surface area (Å²) in [7, 11) is 0. The van der Waals surface area contributed by atoms with Crippen molar-refractivity contribution in [3.8, 4) is 0 Å². The van der Waals surface area contributed by atoms with Crippen LogP contribution >= 0.6 is 11.8 Å². The number of pyridine rings is 1. The number of benzene rings is 2. The highest BCUT2D eigenvalue weighted by Crippen LogP contribution is 2.40. The molecule has 1 saturated heterocycles. The van der Waals surface area contributed by atoms with E-state index in [-0.39, 0.29) is 30.2 Å². The normalized spacial score (nSPS) is 17.1. The number of hydrogen-bond acceptors (Lipinski definition) is 6. The Hall–Kier alpha value is -3.98. The van der Waals surface area contributed by atoms with Crippen molar-refractivity contribution >= 4 is 40.3 Å². The van der Waals surface area contributed by atoms with Crippen molar-refractivity contribution < 1.29 is 14.4 Å². The van der Waals surface area contributed by atoms with Gasteiger partial charge in [0.25, 0.3) is 0 Å². The maximum atomic E-state index is 13.4. The van der Waals surface area contributed by atoms with Gasteiger partial charge in [-0.15, -0.1) is 0 Å². The Bertz CT molecular complexity index is 1300. The lowest BCUT2D eigenvalue weighted by Crippen LogP contribution is -2.42. The second-order valence-electron chi connectivity index (χ2n) is 9.31. The average Bonchev–Trinajstić information content (AvgIpc) is 3.19. The summed E-state index contributed by atoms with van der Waals surface area (Å²) in [6.07, 6.45) is 1.92. The van der Waals surface area contributed by atoms with Crippen LogP contribution in [0.2, 0.25) is 0 Å². The number of thioether (sulfide) groups is 1. The number of nitrogens with one attached hydrogen (secondary N) is 2. The Balaban J connectivity index is 1.38. The first kappa shape index (κ1) is 27.1. The molecule has 8 nitrogen and oxygen atoms in total. The Labute approximate surface area is 227 Å². The minimum absolute atomic E-state index is 0.0445. The van der Waals surface area contributed by atoms with Crippen molar-refractivity contribution in [1.82, 2.24) is 15.2 Å². The van der Waals surface area contributed by atoms with E-state index < -0.39 is 11.3 Å². The maximum absolute atomic E-state index is 13.4. The zero-order valence-corrected chi connectivity index (χ0v) is 22.4. The second kappa shape index (κ2) is 12.5. The molecule has 0 saturated carbocycles. The third-order valence-corrected chi connectivity index (χ3v) is 7.06. The number of carbonyl (C=O) groups is 3. The van der Waals surface area contributed by atoms with Gasteiger partial charge in [-0.1, -0.05) is 60.3 Å². The minimum Gasteiger partial charge on any atom is -0.344 e. The summed E-state index contributed by atoms with van der Waals surface area (Å²) in [4.78, 5) is 49.0. The van der Waals surface area contributed by atoms with Crippen molar-refractivity contribution in [2.45, 2.75) is 51.1 Å². The third-order valence-electron chi connectivity index (χ3n) is 5.82. The monoisotopic (exact) mass is 529 g/mol. The van der Waals surface area contributed by atoms with E-state index in [4.69, 9.17) is 0 Å². The summed E-state index contributed by atoms with van der Waals surface area (Å²) in [5.74, 6) is -0.593. The largest absolute Gasteiger partial charge is 0.344 e. The second-order valence-corrected chi connectivity index (χ2v) is 10.4. The van der Waals surface area contributed by atoms with Gasteiger partial charge >= 0.3 is 0 Å². The van der Waals surface area contributed by atoms with Crippen molar-refractivity contribution in [1.29, 1.82) is 0 Å². The van der Waals surface area contributed by atoms with Gasteiger partial charge in [0.05, 0.1) is 18.7 Å². The number of carbonyl (C=O) groups excluding carboxylic acids is 3. The van der Waals surface area contributed by atoms with Gasteiger partial charge < -0.3 is 10.6 Å². The lowest BCUT2D eigenvalue weighted by atomic mass is 10.1. The Morgan fingerprint density at radius 2 is 1.71 bits per heavy atom. The van der Waals surface area contributed by atoms with E-state index >= 15 is 0 Å². The molecule has 2 atom stereocenters. The average molecular weight is 530 g/mol. The topological polar surface area (TPSA) is 104 Å². The third kappa shape index (κ3) is 7.07. The van der Waals surface area contributed by atoms with E-state index in [9.17, 15) is 14.4 Å². The molecule has 0 aliphatic carbocycles. The molecule has 2 N–H and O–H groups in total. The van der Waals surface area contributed by atoms with Crippen LogP contribution in [0.25, 0.3) is 0 Å². The van der Waals surface area contributed by atoms with Gasteiger partial charge in [0, 0.05) is 17.9 Å². The molecular formula is C29H31N5O3S. The molecule has 1 aliphatic heterocycles. The summed E-state index contributed by atoms with van der Waals surface area (Å²) in [6.45, 7) is 5.96. The first-order chi connectivity index (χ1) is 18.3. The van der Waals surface area contributed by atoms with E-state index in [0.717, 1.165) is 16.8 Å². The molecule has 196 valence electrons. The molecule has 1 unspecified atom stereocenters. The lowest BCUT2D eigenvalue weighted by molar-refractivity contribution is -0.126. The summed E-state index contributed by atoms with van der Waals surface area (Å²) in [6, 6.07) is 21.5. The summed E-state index contributed by atoms with van der Waals surface area (Å²) < 4.78 is 0. The van der Waals surface area contributed by atoms with Crippen LogP contribution in [0.3, 0.4) is 0 Å². The van der Waals surface area contributed by atoms with Crippen LogP contribution in [0, 0.1) is 0 Å². The highest BCUT2D eigenvalue weighted by molar-refractivity contribution is 8.15. The van der Waals surface area contributed by atoms with Crippen LogP contribution in [-0.4, -0.2) is 44.9 Å². The zero-order chi connectivity index (χ0) is 27.1. The van der Waals surface area contributed by atoms with Crippen LogP contribution in [0.5, 0.6) is 0 Å². The standard InChI is InChI=1S/C29H31N5O3S/c1-19(2)31-29-34(18-24-11-7-8-16-30-24)28(37)26(38-29)22-12-14-23(15-13-22)33-27(36)20(3)32-25(35)17-21-9-5-4-6-10-21/h4-16,19-20,26H,17-18H2,1-3H3,(H,32,35)(H,33,36)/t20-,26?/m1/s1. The van der Waals surface area contributed by atoms with E-state index in [1.165, 1.54) is 11.8 Å². The van der Waals surface area contributed by atoms with Gasteiger partial charge in [0.2, 0.25) is 17.7 Å². The molecule has 2 heterocycles. The molecule has 3 amide bonds. The quantitative estimate of drug-likeness (QED) is 0.429. The Morgan fingerprint density at radius 3 is 2.37 bits per heavy atom. The fourth-order valence-corrected chi connectivity index (χ4v) is 5.20. The molecule has 1 fully saturated rings. The highest BCUT2D eigenvalue weighted by Gasteiger charge is 2.39. The van der Waals surface area contributed by atoms with Crippen molar-refractivity contribution in [2.75, 3.05) is 5.32 Å². The highest BCUT2D eigenvalue weighted by atomic mass is 32.2. The number of hydrogen-bond donors (Lipinski definition) is 2. The van der Waals surface area contributed by atoms with E-state index in [2.05, 4.69) is 20.6 Å². The first-order valence-electron chi connectivity index (χ1n) is 12.5. The molecule has 9 heteroatoms. The van der Waals surface area contributed by atoms with Crippen LogP contribution in [-0.2, 0) is 27.3 Å². The first-order valence-corrected chi connectivity index (χ1v) is 13.4. The SMILES string of the molecule is CC(C)N=C1SC(c2ccc(NC(=O)[C@@H](C)NC(=O)Cc3ccccc3)cc2)C(=O)N1Cc1ccccn1. The predicted molar refractivity (Wildman–Crippen MR) is 151 cm³/mol. The summed E-state index contributed by atoms with van der Waals surface area (Å²) >= 11 is 1.42. The fraction of sp³-hybridized carbons (Fsp3) is 0.276. The molecule has 3 aromatic rings. The van der Waals surface area contributed by atoms with Gasteiger partial charge in [-0.05, 0) is 56.2 Å². The molecule has 0 spiro atoms. The molecule has 2 aromatic carbocycles. The zero-order valence-electron chi connectivity index (χ0n) is 21.6. The van der Waals surface area contributed by atoms with Crippen LogP contribution in [0.4, 0.5) is 5.69 Å². The summed E-state index contributed by atoms with van der Waals surface area (Å²) in [5.41, 5.74) is 3.08. The van der Waals surface area contributed by atoms with Crippen molar-refractivity contribution in [2.24, 2.45) is 4.99 Å². The number of amidine groups is 1. The van der Waals surface area contributed by atoms with Crippen LogP contribution in [0.1, 0.15) is 42.8 Å². The van der Waals surface area contributed by atoms with E-state index in [1.54, 1.807) is 30.2 Å². The Kier molecular flexibility index (Phi) is 8.91. The molecule has 4 rings (SSSR count). The molecule has 38 heavy (non-hydrogen) atoms. The predicted octanol–water partition coefficient (Wildman–Crippen LogP) is 4.35. The fourth-order valence-electron chi connectivity index (χ4n) is 3.92. The smallest absolute Gasteiger partial charge is 0.247 e. The Morgan fingerprint density at radius 1 is 1.00 bits per heavy atom. The maximum Gasteiger partial charge on any atom is 0.247 e. The van der Waals surface area contributed by atoms with Gasteiger partial charge in [0.1, 0.15) is 11.3 Å². The number of nitrogens with zero attached hydrogens (tertiary/aromatic N) is 3. The van der Waals surface area contributed by atoms with Gasteiger partial charge in [-0.3, -0.25) is 29.3 Å². The van der Waals surface area contributed by atoms with Gasteiger partial charge in [-0.2, -0.15) is 0 Å². The van der Waals surface area contributed by atoms with Crippen LogP contribution < -0.4 is 10.6 Å². The number of anilines is 1. The van der Waals surface area contributed by atoms with Gasteiger partial charge in [-0.25, -0.2) is 0 Å². The van der Waals surface area contributed by atoms with E-state index in [1.807, 2.05) is 74.5 Å². The number of aromatic nitrogens is 1. The molecule has 1 aliphatic rings.